The van der Waals surface area contributed by atoms with Gasteiger partial charge in [0.15, 0.2) is 0 Å². The summed E-state index contributed by atoms with van der Waals surface area (Å²) in [6.45, 7) is 2.32. The summed E-state index contributed by atoms with van der Waals surface area (Å²) in [5.41, 5.74) is 2.05. The molecule has 1 aliphatic rings. The molecule has 5 nitrogen and oxygen atoms in total. The fourth-order valence-corrected chi connectivity index (χ4v) is 2.84. The Hall–Kier alpha value is -2.04. The van der Waals surface area contributed by atoms with Gasteiger partial charge in [-0.05, 0) is 37.5 Å². The van der Waals surface area contributed by atoms with Gasteiger partial charge < -0.3 is 14.9 Å². The lowest BCUT2D eigenvalue weighted by Gasteiger charge is -2.36. The van der Waals surface area contributed by atoms with Gasteiger partial charge in [-0.2, -0.15) is 0 Å². The molecule has 0 bridgehead atoms. The van der Waals surface area contributed by atoms with Crippen LogP contribution in [0.1, 0.15) is 25.3 Å². The second-order valence-corrected chi connectivity index (χ2v) is 6.25. The Morgan fingerprint density at radius 3 is 2.41 bits per heavy atom. The lowest BCUT2D eigenvalue weighted by molar-refractivity contribution is -0.146. The molecule has 2 rings (SSSR count). The van der Waals surface area contributed by atoms with Crippen molar-refractivity contribution in [1.29, 1.82) is 0 Å². The molecule has 1 heterocycles. The van der Waals surface area contributed by atoms with Crippen LogP contribution in [0.4, 0.5) is 5.69 Å². The molecule has 0 aromatic heterocycles. The highest BCUT2D eigenvalue weighted by Crippen LogP contribution is 2.23. The maximum Gasteiger partial charge on any atom is 0.308 e. The fourth-order valence-electron chi connectivity index (χ4n) is 2.84. The maximum absolute atomic E-state index is 12.5. The average Bonchev–Trinajstić information content (AvgIpc) is 2.47. The SMILES string of the molecule is C[C@H]1CC[C@@H](C(=O)O)CN1C(=O)Cc1ccc(N(C)C)cc1. The molecule has 0 saturated carbocycles. The van der Waals surface area contributed by atoms with Crippen molar-refractivity contribution in [1.82, 2.24) is 4.90 Å². The zero-order chi connectivity index (χ0) is 16.3. The minimum absolute atomic E-state index is 0.0102. The Morgan fingerprint density at radius 1 is 1.23 bits per heavy atom. The average molecular weight is 304 g/mol. The van der Waals surface area contributed by atoms with Gasteiger partial charge >= 0.3 is 5.97 Å². The summed E-state index contributed by atoms with van der Waals surface area (Å²) in [7, 11) is 3.95. The van der Waals surface area contributed by atoms with Gasteiger partial charge in [0.1, 0.15) is 0 Å². The topological polar surface area (TPSA) is 60.9 Å². The van der Waals surface area contributed by atoms with E-state index in [0.717, 1.165) is 17.7 Å². The number of hydrogen-bond acceptors (Lipinski definition) is 3. The van der Waals surface area contributed by atoms with Gasteiger partial charge in [-0.3, -0.25) is 9.59 Å². The highest BCUT2D eigenvalue weighted by molar-refractivity contribution is 5.80. The molecule has 1 fully saturated rings. The van der Waals surface area contributed by atoms with Gasteiger partial charge in [-0.1, -0.05) is 12.1 Å². The number of rotatable bonds is 4. The summed E-state index contributed by atoms with van der Waals surface area (Å²) in [6, 6.07) is 8.00. The highest BCUT2D eigenvalue weighted by atomic mass is 16.4. The predicted molar refractivity (Wildman–Crippen MR) is 86.0 cm³/mol. The molecule has 1 amide bonds. The third kappa shape index (κ3) is 3.78. The molecule has 0 radical (unpaired) electrons. The quantitative estimate of drug-likeness (QED) is 0.924. The third-order valence-electron chi connectivity index (χ3n) is 4.36. The molecular weight excluding hydrogens is 280 g/mol. The number of carbonyl (C=O) groups is 2. The fraction of sp³-hybridized carbons (Fsp3) is 0.529. The molecular formula is C17H24N2O3. The third-order valence-corrected chi connectivity index (χ3v) is 4.36. The first-order chi connectivity index (χ1) is 10.4. The van der Waals surface area contributed by atoms with Crippen LogP contribution in [-0.2, 0) is 16.0 Å². The Labute approximate surface area is 131 Å². The molecule has 1 aromatic carbocycles. The Balaban J connectivity index is 2.02. The molecule has 5 heteroatoms. The van der Waals surface area contributed by atoms with Crippen molar-refractivity contribution in [3.63, 3.8) is 0 Å². The summed E-state index contributed by atoms with van der Waals surface area (Å²) in [5.74, 6) is -1.23. The van der Waals surface area contributed by atoms with E-state index in [-0.39, 0.29) is 11.9 Å². The number of aliphatic carboxylic acids is 1. The molecule has 1 aliphatic heterocycles. The lowest BCUT2D eigenvalue weighted by atomic mass is 9.93. The number of carboxylic acids is 1. The molecule has 22 heavy (non-hydrogen) atoms. The van der Waals surface area contributed by atoms with Crippen LogP contribution in [0.3, 0.4) is 0 Å². The van der Waals surface area contributed by atoms with Crippen molar-refractivity contribution in [2.75, 3.05) is 25.5 Å². The van der Waals surface area contributed by atoms with Crippen LogP contribution >= 0.6 is 0 Å². The summed E-state index contributed by atoms with van der Waals surface area (Å²) in [4.78, 5) is 27.4. The second-order valence-electron chi connectivity index (χ2n) is 6.25. The number of piperidine rings is 1. The van der Waals surface area contributed by atoms with Crippen molar-refractivity contribution in [2.45, 2.75) is 32.2 Å². The number of carbonyl (C=O) groups excluding carboxylic acids is 1. The largest absolute Gasteiger partial charge is 0.481 e. The molecule has 0 spiro atoms. The zero-order valence-corrected chi connectivity index (χ0v) is 13.5. The first kappa shape index (κ1) is 16.3. The molecule has 120 valence electrons. The minimum Gasteiger partial charge on any atom is -0.481 e. The normalized spacial score (nSPS) is 21.5. The maximum atomic E-state index is 12.5. The van der Waals surface area contributed by atoms with Gasteiger partial charge in [0.2, 0.25) is 5.91 Å². The van der Waals surface area contributed by atoms with E-state index in [1.54, 1.807) is 4.90 Å². The predicted octanol–water partition coefficient (Wildman–Crippen LogP) is 2.01. The Bertz CT molecular complexity index is 539. The summed E-state index contributed by atoms with van der Waals surface area (Å²) in [6.07, 6.45) is 1.73. The molecule has 1 aromatic rings. The van der Waals surface area contributed by atoms with Crippen molar-refractivity contribution in [3.8, 4) is 0 Å². The number of nitrogens with zero attached hydrogens (tertiary/aromatic N) is 2. The zero-order valence-electron chi connectivity index (χ0n) is 13.5. The number of likely N-dealkylation sites (tertiary alicyclic amines) is 1. The number of hydrogen-bond donors (Lipinski definition) is 1. The first-order valence-electron chi connectivity index (χ1n) is 7.67. The van der Waals surface area contributed by atoms with E-state index < -0.39 is 11.9 Å². The molecule has 1 N–H and O–H groups in total. The van der Waals surface area contributed by atoms with Crippen LogP contribution in [-0.4, -0.2) is 48.6 Å². The summed E-state index contributed by atoms with van der Waals surface area (Å²) >= 11 is 0. The van der Waals surface area contributed by atoms with Gasteiger partial charge in [0.25, 0.3) is 0 Å². The standard InChI is InChI=1S/C17H24N2O3/c1-12-4-7-14(17(21)22)11-19(12)16(20)10-13-5-8-15(9-6-13)18(2)3/h5-6,8-9,12,14H,4,7,10-11H2,1-3H3,(H,21,22)/t12-,14+/m0/s1. The molecule has 0 aliphatic carbocycles. The van der Waals surface area contributed by atoms with E-state index in [1.807, 2.05) is 50.2 Å². The molecule has 1 saturated heterocycles. The van der Waals surface area contributed by atoms with E-state index in [0.29, 0.717) is 19.4 Å². The highest BCUT2D eigenvalue weighted by Gasteiger charge is 2.32. The van der Waals surface area contributed by atoms with Crippen molar-refractivity contribution < 1.29 is 14.7 Å². The van der Waals surface area contributed by atoms with E-state index >= 15 is 0 Å². The van der Waals surface area contributed by atoms with Crippen molar-refractivity contribution >= 4 is 17.6 Å². The van der Waals surface area contributed by atoms with Crippen LogP contribution in [0.2, 0.25) is 0 Å². The van der Waals surface area contributed by atoms with Crippen LogP contribution in [0.25, 0.3) is 0 Å². The first-order valence-corrected chi connectivity index (χ1v) is 7.67. The van der Waals surface area contributed by atoms with Crippen LogP contribution in [0.5, 0.6) is 0 Å². The van der Waals surface area contributed by atoms with Gasteiger partial charge in [-0.15, -0.1) is 0 Å². The summed E-state index contributed by atoms with van der Waals surface area (Å²) in [5, 5.41) is 9.15. The van der Waals surface area contributed by atoms with E-state index in [9.17, 15) is 9.59 Å². The Kier molecular flexibility index (Phi) is 5.06. The van der Waals surface area contributed by atoms with Crippen LogP contribution in [0.15, 0.2) is 24.3 Å². The second kappa shape index (κ2) is 6.81. The molecule has 2 atom stereocenters. The number of benzene rings is 1. The van der Waals surface area contributed by atoms with E-state index in [2.05, 4.69) is 0 Å². The number of amides is 1. The van der Waals surface area contributed by atoms with Gasteiger partial charge in [0.05, 0.1) is 12.3 Å². The summed E-state index contributed by atoms with van der Waals surface area (Å²) < 4.78 is 0. The van der Waals surface area contributed by atoms with Gasteiger partial charge in [-0.25, -0.2) is 0 Å². The minimum atomic E-state index is -0.806. The monoisotopic (exact) mass is 304 g/mol. The van der Waals surface area contributed by atoms with Crippen molar-refractivity contribution in [2.24, 2.45) is 5.92 Å². The smallest absolute Gasteiger partial charge is 0.308 e. The van der Waals surface area contributed by atoms with Crippen LogP contribution < -0.4 is 4.90 Å². The number of anilines is 1. The Morgan fingerprint density at radius 2 is 1.86 bits per heavy atom. The van der Waals surface area contributed by atoms with Gasteiger partial charge in [0, 0.05) is 32.4 Å². The number of carboxylic acid groups (broad SMARTS) is 1. The van der Waals surface area contributed by atoms with E-state index in [1.165, 1.54) is 0 Å². The van der Waals surface area contributed by atoms with Crippen molar-refractivity contribution in [3.05, 3.63) is 29.8 Å². The lowest BCUT2D eigenvalue weighted by Crippen LogP contribution is -2.47. The van der Waals surface area contributed by atoms with Crippen LogP contribution in [0, 0.1) is 5.92 Å². The molecule has 0 unspecified atom stereocenters. The van der Waals surface area contributed by atoms with E-state index in [4.69, 9.17) is 5.11 Å².